The number of hydrogen-bond donors (Lipinski definition) is 2. The maximum absolute atomic E-state index is 13.7. The van der Waals surface area contributed by atoms with Gasteiger partial charge in [0.05, 0.1) is 42.0 Å². The zero-order valence-electron chi connectivity index (χ0n) is 35.1. The van der Waals surface area contributed by atoms with E-state index in [1.165, 1.54) is 0 Å². The Morgan fingerprint density at radius 3 is 2.13 bits per heavy atom. The number of rotatable bonds is 20. The number of aliphatic hydroxyl groups is 2. The molecule has 0 saturated carbocycles. The van der Waals surface area contributed by atoms with Crippen LogP contribution in [0.5, 0.6) is 0 Å². The Bertz CT molecular complexity index is 1120. The van der Waals surface area contributed by atoms with E-state index in [1.54, 1.807) is 21.0 Å². The average Bonchev–Trinajstić information content (AvgIpc) is 3.05. The van der Waals surface area contributed by atoms with Crippen molar-refractivity contribution in [1.82, 2.24) is 4.90 Å². The number of aliphatic hydroxyl groups excluding tert-OH is 1. The highest BCUT2D eigenvalue weighted by Gasteiger charge is 2.45. The van der Waals surface area contributed by atoms with Crippen LogP contribution in [-0.2, 0) is 38.0 Å². The highest BCUT2D eigenvalue weighted by atomic mass is 16.7. The fourth-order valence-electron chi connectivity index (χ4n) is 8.23. The first-order valence-electron chi connectivity index (χ1n) is 19.7. The van der Waals surface area contributed by atoms with E-state index in [4.69, 9.17) is 28.4 Å². The molecule has 0 spiro atoms. The summed E-state index contributed by atoms with van der Waals surface area (Å²) >= 11 is 0. The number of esters is 1. The SMILES string of the molecule is CC[C@@H](OC(=O)C(C)[C@@H](O[C@H]1CC(C)[C@@H](O)C(C)O1)C(C)C)[C@@](C)(O)C(CC=O)/C(C)=C\[C@H](C)C[C@@](C)(OC)[C@@H](C)OC1CC(N(C)C)CC(C)O1. The molecule has 7 unspecified atom stereocenters. The number of nitrogens with zero attached hydrogens (tertiary/aromatic N) is 1. The van der Waals surface area contributed by atoms with Crippen LogP contribution >= 0.6 is 0 Å². The van der Waals surface area contributed by atoms with Gasteiger partial charge >= 0.3 is 5.97 Å². The van der Waals surface area contributed by atoms with Crippen LogP contribution in [0.1, 0.15) is 122 Å². The Morgan fingerprint density at radius 2 is 1.62 bits per heavy atom. The number of ether oxygens (including phenoxy) is 6. The topological polar surface area (TPSA) is 133 Å². The lowest BCUT2D eigenvalue weighted by Gasteiger charge is -2.42. The molecule has 15 atom stereocenters. The second-order valence-corrected chi connectivity index (χ2v) is 17.0. The average molecular weight is 742 g/mol. The summed E-state index contributed by atoms with van der Waals surface area (Å²) in [5.74, 6) is -1.77. The van der Waals surface area contributed by atoms with E-state index in [-0.39, 0.29) is 48.8 Å². The van der Waals surface area contributed by atoms with E-state index in [9.17, 15) is 19.8 Å². The van der Waals surface area contributed by atoms with Gasteiger partial charge in [-0.15, -0.1) is 0 Å². The molecule has 304 valence electrons. The highest BCUT2D eigenvalue weighted by Crippen LogP contribution is 2.37. The van der Waals surface area contributed by atoms with Gasteiger partial charge in [-0.05, 0) is 99.6 Å². The number of allylic oxidation sites excluding steroid dienone is 1. The summed E-state index contributed by atoms with van der Waals surface area (Å²) in [5, 5.41) is 22.4. The predicted molar refractivity (Wildman–Crippen MR) is 203 cm³/mol. The van der Waals surface area contributed by atoms with Crippen molar-refractivity contribution in [2.75, 3.05) is 21.2 Å². The van der Waals surface area contributed by atoms with Crippen LogP contribution in [0.15, 0.2) is 11.6 Å². The van der Waals surface area contributed by atoms with Crippen LogP contribution in [-0.4, -0.2) is 115 Å². The second-order valence-electron chi connectivity index (χ2n) is 17.0. The van der Waals surface area contributed by atoms with Crippen LogP contribution in [0, 0.1) is 29.6 Å². The second kappa shape index (κ2) is 20.5. The molecule has 0 bridgehead atoms. The minimum atomic E-state index is -1.54. The molecular formula is C41H75NO10. The van der Waals surface area contributed by atoms with E-state index in [0.29, 0.717) is 25.3 Å². The number of carbonyl (C=O) groups is 2. The van der Waals surface area contributed by atoms with Crippen LogP contribution in [0.3, 0.4) is 0 Å². The first-order valence-corrected chi connectivity index (χ1v) is 19.7. The van der Waals surface area contributed by atoms with E-state index in [2.05, 4.69) is 38.9 Å². The Labute approximate surface area is 315 Å². The van der Waals surface area contributed by atoms with E-state index in [1.807, 2.05) is 55.4 Å². The molecule has 11 heteroatoms. The number of hydrogen-bond acceptors (Lipinski definition) is 11. The molecule has 2 saturated heterocycles. The molecule has 2 rings (SSSR count). The zero-order chi connectivity index (χ0) is 39.7. The third kappa shape index (κ3) is 12.5. The molecule has 2 heterocycles. The zero-order valence-corrected chi connectivity index (χ0v) is 35.1. The van der Waals surface area contributed by atoms with Gasteiger partial charge < -0.3 is 48.3 Å². The van der Waals surface area contributed by atoms with Gasteiger partial charge in [-0.1, -0.05) is 46.3 Å². The molecule has 0 aliphatic carbocycles. The normalized spacial score (nSPS) is 31.9. The number of aldehydes is 1. The Balaban J connectivity index is 2.19. The largest absolute Gasteiger partial charge is 0.459 e. The van der Waals surface area contributed by atoms with E-state index < -0.39 is 53.6 Å². The van der Waals surface area contributed by atoms with Crippen molar-refractivity contribution in [3.05, 3.63) is 11.6 Å². The van der Waals surface area contributed by atoms with Gasteiger partial charge in [-0.25, -0.2) is 0 Å². The van der Waals surface area contributed by atoms with Crippen LogP contribution in [0.2, 0.25) is 0 Å². The van der Waals surface area contributed by atoms with Gasteiger partial charge in [0.25, 0.3) is 0 Å². The summed E-state index contributed by atoms with van der Waals surface area (Å²) in [6.07, 6.45) is 2.79. The Kier molecular flexibility index (Phi) is 18.4. The molecule has 0 aromatic rings. The van der Waals surface area contributed by atoms with Crippen molar-refractivity contribution in [2.45, 2.75) is 188 Å². The molecular weight excluding hydrogens is 666 g/mol. The van der Waals surface area contributed by atoms with Crippen molar-refractivity contribution < 1.29 is 48.2 Å². The molecule has 0 aromatic carbocycles. The highest BCUT2D eigenvalue weighted by molar-refractivity contribution is 5.73. The van der Waals surface area contributed by atoms with Crippen LogP contribution < -0.4 is 0 Å². The van der Waals surface area contributed by atoms with Gasteiger partial charge in [0.1, 0.15) is 18.0 Å². The van der Waals surface area contributed by atoms with E-state index >= 15 is 0 Å². The minimum Gasteiger partial charge on any atom is -0.459 e. The van der Waals surface area contributed by atoms with Gasteiger partial charge in [0, 0.05) is 38.3 Å². The standard InChI is InChI=1S/C41H75NO10/c1-16-34(51-39(45)29(8)38(24(2)3)52-35-20-27(6)37(44)30(9)49-35)41(12,46)33(17-18-43)26(5)19-25(4)23-40(11,47-15)31(10)50-36-22-32(42(13)14)21-28(7)48-36/h18-19,24-25,27-38,44,46H,16-17,20-23H2,1-15H3/b26-19-/t25-,27?,28?,29?,30?,31+,32?,33?,34+,35-,36?,37+,38-,40+,41-/m0/s1. The third-order valence-corrected chi connectivity index (χ3v) is 11.8. The van der Waals surface area contributed by atoms with Crippen molar-refractivity contribution in [2.24, 2.45) is 29.6 Å². The Hall–Kier alpha value is -1.44. The molecule has 2 N–H and O–H groups in total. The molecule has 52 heavy (non-hydrogen) atoms. The quantitative estimate of drug-likeness (QED) is 0.0827. The molecule has 0 aromatic heterocycles. The van der Waals surface area contributed by atoms with Crippen molar-refractivity contribution in [1.29, 1.82) is 0 Å². The summed E-state index contributed by atoms with van der Waals surface area (Å²) < 4.78 is 37.1. The van der Waals surface area contributed by atoms with Crippen LogP contribution in [0.4, 0.5) is 0 Å². The van der Waals surface area contributed by atoms with Gasteiger partial charge in [-0.3, -0.25) is 4.79 Å². The summed E-state index contributed by atoms with van der Waals surface area (Å²) in [6, 6.07) is 0.376. The van der Waals surface area contributed by atoms with E-state index in [0.717, 1.165) is 24.7 Å². The number of methoxy groups -OCH3 is 1. The molecule has 11 nitrogen and oxygen atoms in total. The number of carbonyl (C=O) groups excluding carboxylic acids is 2. The predicted octanol–water partition coefficient (Wildman–Crippen LogP) is 6.31. The minimum absolute atomic E-state index is 0.00169. The van der Waals surface area contributed by atoms with Crippen LogP contribution in [0.25, 0.3) is 0 Å². The molecule has 0 radical (unpaired) electrons. The Morgan fingerprint density at radius 1 is 1.00 bits per heavy atom. The summed E-state index contributed by atoms with van der Waals surface area (Å²) in [6.45, 7) is 23.2. The monoisotopic (exact) mass is 742 g/mol. The fourth-order valence-corrected chi connectivity index (χ4v) is 8.23. The van der Waals surface area contributed by atoms with Crippen molar-refractivity contribution in [3.63, 3.8) is 0 Å². The fraction of sp³-hybridized carbons (Fsp3) is 0.902. The first-order chi connectivity index (χ1) is 24.1. The van der Waals surface area contributed by atoms with Gasteiger partial charge in [0.2, 0.25) is 0 Å². The van der Waals surface area contributed by atoms with Crippen molar-refractivity contribution in [3.8, 4) is 0 Å². The van der Waals surface area contributed by atoms with Crippen molar-refractivity contribution >= 4 is 12.3 Å². The molecule has 0 amide bonds. The lowest BCUT2D eigenvalue weighted by molar-refractivity contribution is -0.259. The maximum atomic E-state index is 13.7. The molecule has 2 fully saturated rings. The lowest BCUT2D eigenvalue weighted by Crippen LogP contribution is -2.50. The first kappa shape index (κ1) is 46.7. The lowest BCUT2D eigenvalue weighted by atomic mass is 9.75. The van der Waals surface area contributed by atoms with Gasteiger partial charge in [0.15, 0.2) is 12.6 Å². The van der Waals surface area contributed by atoms with Gasteiger partial charge in [-0.2, -0.15) is 0 Å². The summed E-state index contributed by atoms with van der Waals surface area (Å²) in [7, 11) is 5.86. The summed E-state index contributed by atoms with van der Waals surface area (Å²) in [4.78, 5) is 27.9. The molecule has 2 aliphatic heterocycles. The third-order valence-electron chi connectivity index (χ3n) is 11.8. The maximum Gasteiger partial charge on any atom is 0.311 e. The smallest absolute Gasteiger partial charge is 0.311 e. The summed E-state index contributed by atoms with van der Waals surface area (Å²) in [5.41, 5.74) is -1.34. The molecule has 2 aliphatic rings.